The number of pyridine rings is 2. The molecule has 134 valence electrons. The van der Waals surface area contributed by atoms with Gasteiger partial charge < -0.3 is 0 Å². The maximum atomic E-state index is 12.4. The molecule has 0 aliphatic carbocycles. The molecule has 26 heavy (non-hydrogen) atoms. The minimum atomic E-state index is -2.32. The third kappa shape index (κ3) is 3.80. The lowest BCUT2D eigenvalue weighted by Crippen LogP contribution is -2.35. The highest BCUT2D eigenvalue weighted by Crippen LogP contribution is 2.20. The van der Waals surface area contributed by atoms with Gasteiger partial charge in [0.05, 0.1) is 30.4 Å². The van der Waals surface area contributed by atoms with Gasteiger partial charge in [0.1, 0.15) is 0 Å². The van der Waals surface area contributed by atoms with E-state index in [4.69, 9.17) is 4.11 Å². The van der Waals surface area contributed by atoms with E-state index < -0.39 is 6.98 Å². The largest absolute Gasteiger partial charge is 0.298 e. The fraction of sp³-hybridized carbons (Fsp3) is 0.400. The number of carbonyl (C=O) groups excluding carboxylic acids is 1. The number of carbonyl (C=O) groups is 1. The second-order valence-corrected chi connectivity index (χ2v) is 6.79. The van der Waals surface area contributed by atoms with Crippen LogP contribution < -0.4 is 0 Å². The summed E-state index contributed by atoms with van der Waals surface area (Å²) in [5, 5.41) is 4.77. The zero-order valence-electron chi connectivity index (χ0n) is 17.6. The summed E-state index contributed by atoms with van der Waals surface area (Å²) in [6, 6.07) is 5.53. The quantitative estimate of drug-likeness (QED) is 0.706. The lowest BCUT2D eigenvalue weighted by Gasteiger charge is -2.25. The number of aromatic nitrogens is 4. The number of piperidine rings is 1. The highest BCUT2D eigenvalue weighted by atomic mass is 16.1. The van der Waals surface area contributed by atoms with Crippen molar-refractivity contribution in [3.05, 3.63) is 42.5 Å². The lowest BCUT2D eigenvalue weighted by atomic mass is 10.1. The Hall–Kier alpha value is -2.60. The molecule has 0 radical (unpaired) electrons. The van der Waals surface area contributed by atoms with E-state index in [-0.39, 0.29) is 12.2 Å². The Morgan fingerprint density at radius 2 is 2.12 bits per heavy atom. The molecule has 6 heteroatoms. The summed E-state index contributed by atoms with van der Waals surface area (Å²) in [7, 11) is 0. The van der Waals surface area contributed by atoms with Gasteiger partial charge in [0.2, 0.25) is 0 Å². The van der Waals surface area contributed by atoms with Gasteiger partial charge in [0.15, 0.2) is 5.78 Å². The topological polar surface area (TPSA) is 63.9 Å². The number of aryl methyl sites for hydroxylation is 1. The normalized spacial score (nSPS) is 17.6. The molecule has 0 atom stereocenters. The molecule has 0 aromatic carbocycles. The Morgan fingerprint density at radius 3 is 2.92 bits per heavy atom. The van der Waals surface area contributed by atoms with Gasteiger partial charge in [-0.25, -0.2) is 4.98 Å². The maximum absolute atomic E-state index is 12.4. The van der Waals surface area contributed by atoms with Crippen molar-refractivity contribution >= 4 is 16.7 Å². The summed E-state index contributed by atoms with van der Waals surface area (Å²) in [5.74, 6) is 0.161. The van der Waals surface area contributed by atoms with Crippen LogP contribution in [0.3, 0.4) is 0 Å². The van der Waals surface area contributed by atoms with E-state index >= 15 is 0 Å². The summed E-state index contributed by atoms with van der Waals surface area (Å²) in [6.45, 7) is 0.139. The molecule has 3 aromatic rings. The number of rotatable bonds is 5. The predicted molar refractivity (Wildman–Crippen MR) is 101 cm³/mol. The van der Waals surface area contributed by atoms with Crippen molar-refractivity contribution in [2.24, 2.45) is 6.98 Å². The summed E-state index contributed by atoms with van der Waals surface area (Å²) < 4.78 is 23.3. The number of ketones is 1. The molecule has 1 saturated heterocycles. The van der Waals surface area contributed by atoms with Crippen LogP contribution >= 0.6 is 0 Å². The van der Waals surface area contributed by atoms with Crippen molar-refractivity contribution in [2.45, 2.75) is 25.7 Å². The summed E-state index contributed by atoms with van der Waals surface area (Å²) in [5.41, 5.74) is 2.68. The molecule has 1 aliphatic rings. The molecule has 6 nitrogen and oxygen atoms in total. The number of fused-ring (bicyclic) bond motifs is 1. The van der Waals surface area contributed by atoms with E-state index in [2.05, 4.69) is 20.0 Å². The highest BCUT2D eigenvalue weighted by molar-refractivity contribution is 5.85. The highest BCUT2D eigenvalue weighted by Gasteiger charge is 2.15. The Labute approximate surface area is 157 Å². The maximum Gasteiger partial charge on any atom is 0.152 e. The zero-order chi connectivity index (χ0) is 20.4. The number of Topliss-reactive ketones (excluding diaryl/α,β-unsaturated/α-hetero) is 1. The minimum Gasteiger partial charge on any atom is -0.298 e. The number of likely N-dealkylation sites (tertiary alicyclic amines) is 1. The van der Waals surface area contributed by atoms with Crippen LogP contribution in [0.2, 0.25) is 0 Å². The number of hydrogen-bond donors (Lipinski definition) is 0. The number of nitrogens with zero attached hydrogens (tertiary/aromatic N) is 5. The fourth-order valence-corrected chi connectivity index (χ4v) is 3.40. The van der Waals surface area contributed by atoms with Crippen LogP contribution in [0, 0.1) is 0 Å². The van der Waals surface area contributed by atoms with E-state index in [1.165, 1.54) is 18.8 Å². The van der Waals surface area contributed by atoms with Crippen molar-refractivity contribution in [3.63, 3.8) is 0 Å². The third-order valence-electron chi connectivity index (χ3n) is 4.74. The third-order valence-corrected chi connectivity index (χ3v) is 4.74. The van der Waals surface area contributed by atoms with Gasteiger partial charge in [-0.1, -0.05) is 6.42 Å². The van der Waals surface area contributed by atoms with E-state index in [1.807, 2.05) is 18.2 Å². The van der Waals surface area contributed by atoms with Crippen LogP contribution in [0.1, 0.15) is 29.1 Å². The summed E-state index contributed by atoms with van der Waals surface area (Å²) in [6.07, 6.45) is 8.53. The van der Waals surface area contributed by atoms with Crippen molar-refractivity contribution in [1.82, 2.24) is 24.6 Å². The predicted octanol–water partition coefficient (Wildman–Crippen LogP) is 2.63. The van der Waals surface area contributed by atoms with Crippen molar-refractivity contribution in [1.29, 1.82) is 0 Å². The van der Waals surface area contributed by atoms with E-state index in [0.717, 1.165) is 41.5 Å². The van der Waals surface area contributed by atoms with Gasteiger partial charge in [0, 0.05) is 40.1 Å². The van der Waals surface area contributed by atoms with E-state index in [0.29, 0.717) is 23.5 Å². The average molecular weight is 352 g/mol. The van der Waals surface area contributed by atoms with Gasteiger partial charge in [-0.15, -0.1) is 0 Å². The molecule has 4 heterocycles. The molecular formula is C20H23N5O. The second kappa shape index (κ2) is 7.33. The van der Waals surface area contributed by atoms with Crippen LogP contribution in [0.25, 0.3) is 22.2 Å². The minimum absolute atomic E-state index is 0.161. The van der Waals surface area contributed by atoms with Gasteiger partial charge in [-0.2, -0.15) is 5.10 Å². The molecule has 0 amide bonds. The Bertz CT molecular complexity index is 1020. The van der Waals surface area contributed by atoms with Crippen LogP contribution in [-0.4, -0.2) is 50.1 Å². The van der Waals surface area contributed by atoms with Crippen LogP contribution in [0.4, 0.5) is 0 Å². The Kier molecular flexibility index (Phi) is 3.83. The average Bonchev–Trinajstić information content (AvgIpc) is 3.19. The Morgan fingerprint density at radius 1 is 1.23 bits per heavy atom. The molecular weight excluding hydrogens is 326 g/mol. The van der Waals surface area contributed by atoms with Gasteiger partial charge in [-0.05, 0) is 44.1 Å². The summed E-state index contributed by atoms with van der Waals surface area (Å²) >= 11 is 0. The summed E-state index contributed by atoms with van der Waals surface area (Å²) in [4.78, 5) is 23.7. The molecule has 0 N–H and O–H groups in total. The zero-order valence-corrected chi connectivity index (χ0v) is 14.6. The van der Waals surface area contributed by atoms with Crippen LogP contribution in [-0.2, 0) is 18.2 Å². The molecule has 1 fully saturated rings. The van der Waals surface area contributed by atoms with Crippen LogP contribution in [0.5, 0.6) is 0 Å². The van der Waals surface area contributed by atoms with Crippen molar-refractivity contribution < 1.29 is 8.91 Å². The van der Waals surface area contributed by atoms with Gasteiger partial charge >= 0.3 is 0 Å². The molecule has 3 aromatic heterocycles. The monoisotopic (exact) mass is 352 g/mol. The molecule has 0 unspecified atom stereocenters. The van der Waals surface area contributed by atoms with Crippen molar-refractivity contribution in [2.75, 3.05) is 19.6 Å². The first-order valence-corrected chi connectivity index (χ1v) is 8.94. The first-order chi connectivity index (χ1) is 13.9. The number of hydrogen-bond acceptors (Lipinski definition) is 5. The molecule has 0 saturated carbocycles. The lowest BCUT2D eigenvalue weighted by molar-refractivity contribution is -0.119. The Balaban J connectivity index is 1.52. The second-order valence-electron chi connectivity index (χ2n) is 6.79. The van der Waals surface area contributed by atoms with Crippen LogP contribution in [0.15, 0.2) is 36.8 Å². The van der Waals surface area contributed by atoms with E-state index in [9.17, 15) is 4.79 Å². The smallest absolute Gasteiger partial charge is 0.152 e. The van der Waals surface area contributed by atoms with Gasteiger partial charge in [0.25, 0.3) is 0 Å². The van der Waals surface area contributed by atoms with Crippen molar-refractivity contribution in [3.8, 4) is 11.3 Å². The first-order valence-electron chi connectivity index (χ1n) is 10.4. The molecule has 4 rings (SSSR count). The molecule has 0 bridgehead atoms. The first kappa shape index (κ1) is 13.6. The SMILES string of the molecule is [2H]C([2H])([2H])n1cc(-c2ccc3cnc(CC(=O)CN4CCCCC4)cc3n2)cn1. The standard InChI is InChI=1S/C20H23N5O/c1-24-13-16(12-22-24)19-6-5-15-11-21-17(10-20(15)23-19)9-18(26)14-25-7-3-2-4-8-25/h5-6,10-13H,2-4,7-9,14H2,1H3/i1D3. The van der Waals surface area contributed by atoms with Gasteiger partial charge in [-0.3, -0.25) is 19.4 Å². The fourth-order valence-electron chi connectivity index (χ4n) is 3.40. The molecule has 1 aliphatic heterocycles. The molecule has 0 spiro atoms. The van der Waals surface area contributed by atoms with E-state index in [1.54, 1.807) is 6.20 Å².